The van der Waals surface area contributed by atoms with Crippen LogP contribution < -0.4 is 15.4 Å². The van der Waals surface area contributed by atoms with Crippen molar-refractivity contribution in [1.29, 1.82) is 5.26 Å². The second kappa shape index (κ2) is 10.8. The highest BCUT2D eigenvalue weighted by Gasteiger charge is 2.10. The zero-order valence-corrected chi connectivity index (χ0v) is 18.0. The van der Waals surface area contributed by atoms with Gasteiger partial charge < -0.3 is 15.4 Å². The number of nitriles is 1. The molecule has 0 saturated heterocycles. The maximum atomic E-state index is 12.4. The number of hydrogen-bond donors (Lipinski definition) is 2. The molecule has 2 N–H and O–H groups in total. The molecule has 0 fully saturated rings. The Hall–Kier alpha value is -4.08. The lowest BCUT2D eigenvalue weighted by atomic mass is 10.1. The molecule has 32 heavy (non-hydrogen) atoms. The number of rotatable bonds is 7. The number of benzene rings is 3. The highest BCUT2D eigenvalue weighted by molar-refractivity contribution is 6.30. The summed E-state index contributed by atoms with van der Waals surface area (Å²) < 4.78 is 5.48. The lowest BCUT2D eigenvalue weighted by molar-refractivity contribution is -0.118. The SMILES string of the molecule is Cc1ccc(NC(=O)/C(C#N)=C\c2ccc(OCC(=O)Nc3ccc(Cl)cc3)cc2)cc1. The standard InChI is InChI=1S/C25H20ClN3O3/c1-17-2-8-22(9-3-17)29-25(31)19(15-27)14-18-4-12-23(13-5-18)32-16-24(30)28-21-10-6-20(26)7-11-21/h2-14H,16H2,1H3,(H,28,30)(H,29,31)/b19-14-. The summed E-state index contributed by atoms with van der Waals surface area (Å²) in [6, 6.07) is 22.7. The van der Waals surface area contributed by atoms with E-state index in [0.29, 0.717) is 27.7 Å². The Balaban J connectivity index is 1.56. The first kappa shape index (κ1) is 22.6. The van der Waals surface area contributed by atoms with E-state index in [4.69, 9.17) is 16.3 Å². The van der Waals surface area contributed by atoms with Crippen molar-refractivity contribution in [2.24, 2.45) is 0 Å². The molecule has 0 heterocycles. The van der Waals surface area contributed by atoms with Gasteiger partial charge in [0.25, 0.3) is 11.8 Å². The van der Waals surface area contributed by atoms with Crippen LogP contribution in [0.3, 0.4) is 0 Å². The minimum absolute atomic E-state index is 0.0263. The van der Waals surface area contributed by atoms with Gasteiger partial charge in [0, 0.05) is 16.4 Å². The molecule has 6 nitrogen and oxygen atoms in total. The van der Waals surface area contributed by atoms with Crippen molar-refractivity contribution in [3.8, 4) is 11.8 Å². The molecule has 0 aliphatic rings. The molecule has 0 unspecified atom stereocenters. The van der Waals surface area contributed by atoms with Gasteiger partial charge in [-0.25, -0.2) is 0 Å². The number of amides is 2. The fraction of sp³-hybridized carbons (Fsp3) is 0.0800. The number of aryl methyl sites for hydroxylation is 1. The Kier molecular flexibility index (Phi) is 7.63. The minimum Gasteiger partial charge on any atom is -0.484 e. The van der Waals surface area contributed by atoms with Crippen molar-refractivity contribution in [2.45, 2.75) is 6.92 Å². The molecule has 7 heteroatoms. The van der Waals surface area contributed by atoms with Crippen molar-refractivity contribution < 1.29 is 14.3 Å². The third-order valence-electron chi connectivity index (χ3n) is 4.36. The van der Waals surface area contributed by atoms with Crippen molar-refractivity contribution in [3.63, 3.8) is 0 Å². The van der Waals surface area contributed by atoms with Crippen LogP contribution in [0.2, 0.25) is 5.02 Å². The van der Waals surface area contributed by atoms with E-state index in [2.05, 4.69) is 10.6 Å². The highest BCUT2D eigenvalue weighted by Crippen LogP contribution is 2.17. The average Bonchev–Trinajstić information content (AvgIpc) is 2.80. The molecule has 0 bridgehead atoms. The van der Waals surface area contributed by atoms with E-state index in [-0.39, 0.29) is 18.1 Å². The lowest BCUT2D eigenvalue weighted by Gasteiger charge is -2.08. The molecule has 0 aliphatic heterocycles. The van der Waals surface area contributed by atoms with Crippen molar-refractivity contribution >= 4 is 40.9 Å². The summed E-state index contributed by atoms with van der Waals surface area (Å²) in [6.07, 6.45) is 1.49. The smallest absolute Gasteiger partial charge is 0.266 e. The third kappa shape index (κ3) is 6.73. The number of hydrogen-bond acceptors (Lipinski definition) is 4. The van der Waals surface area contributed by atoms with Crippen molar-refractivity contribution in [2.75, 3.05) is 17.2 Å². The Morgan fingerprint density at radius 3 is 2.16 bits per heavy atom. The zero-order valence-electron chi connectivity index (χ0n) is 17.3. The molecule has 0 spiro atoms. The molecule has 2 amide bonds. The quantitative estimate of drug-likeness (QED) is 0.385. The molecule has 0 radical (unpaired) electrons. The van der Waals surface area contributed by atoms with Crippen LogP contribution in [-0.4, -0.2) is 18.4 Å². The Labute approximate surface area is 191 Å². The number of nitrogens with one attached hydrogen (secondary N) is 2. The average molecular weight is 446 g/mol. The van der Waals surface area contributed by atoms with Crippen LogP contribution in [0.4, 0.5) is 11.4 Å². The summed E-state index contributed by atoms with van der Waals surface area (Å²) in [4.78, 5) is 24.4. The minimum atomic E-state index is -0.490. The van der Waals surface area contributed by atoms with Gasteiger partial charge in [0.15, 0.2) is 6.61 Å². The second-order valence-corrected chi connectivity index (χ2v) is 7.34. The molecule has 0 saturated carbocycles. The first-order valence-corrected chi connectivity index (χ1v) is 10.1. The summed E-state index contributed by atoms with van der Waals surface area (Å²) in [7, 11) is 0. The first-order chi connectivity index (χ1) is 15.4. The van der Waals surface area contributed by atoms with E-state index in [1.54, 1.807) is 60.7 Å². The summed E-state index contributed by atoms with van der Waals surface area (Å²) in [5.74, 6) is -0.317. The molecule has 0 aromatic heterocycles. The Bertz CT molecular complexity index is 1160. The van der Waals surface area contributed by atoms with Crippen LogP contribution in [0.5, 0.6) is 5.75 Å². The monoisotopic (exact) mass is 445 g/mol. The molecule has 0 aliphatic carbocycles. The topological polar surface area (TPSA) is 91.2 Å². The van der Waals surface area contributed by atoms with Crippen LogP contribution in [0.15, 0.2) is 78.4 Å². The summed E-state index contributed by atoms with van der Waals surface area (Å²) >= 11 is 5.82. The van der Waals surface area contributed by atoms with Gasteiger partial charge in [-0.2, -0.15) is 5.26 Å². The largest absolute Gasteiger partial charge is 0.484 e. The van der Waals surface area contributed by atoms with Crippen LogP contribution in [-0.2, 0) is 9.59 Å². The van der Waals surface area contributed by atoms with Gasteiger partial charge >= 0.3 is 0 Å². The van der Waals surface area contributed by atoms with Gasteiger partial charge in [0.05, 0.1) is 0 Å². The van der Waals surface area contributed by atoms with Crippen molar-refractivity contribution in [1.82, 2.24) is 0 Å². The van der Waals surface area contributed by atoms with Gasteiger partial charge in [-0.05, 0) is 67.1 Å². The van der Waals surface area contributed by atoms with Crippen LogP contribution >= 0.6 is 11.6 Å². The second-order valence-electron chi connectivity index (χ2n) is 6.90. The number of ether oxygens (including phenoxy) is 1. The number of nitrogens with zero attached hydrogens (tertiary/aromatic N) is 1. The van der Waals surface area contributed by atoms with Crippen LogP contribution in [0.25, 0.3) is 6.08 Å². The van der Waals surface area contributed by atoms with Gasteiger partial charge in [0.2, 0.25) is 0 Å². The highest BCUT2D eigenvalue weighted by atomic mass is 35.5. The van der Waals surface area contributed by atoms with Gasteiger partial charge in [-0.15, -0.1) is 0 Å². The summed E-state index contributed by atoms with van der Waals surface area (Å²) in [5, 5.41) is 15.4. The first-order valence-electron chi connectivity index (χ1n) is 9.71. The zero-order chi connectivity index (χ0) is 22.9. The van der Waals surface area contributed by atoms with Gasteiger partial charge in [-0.1, -0.05) is 41.4 Å². The predicted molar refractivity (Wildman–Crippen MR) is 125 cm³/mol. The van der Waals surface area contributed by atoms with Gasteiger partial charge in [0.1, 0.15) is 17.4 Å². The number of carbonyl (C=O) groups is 2. The van der Waals surface area contributed by atoms with E-state index in [9.17, 15) is 14.9 Å². The normalized spacial score (nSPS) is 10.7. The molecular formula is C25H20ClN3O3. The molecular weight excluding hydrogens is 426 g/mol. The van der Waals surface area contributed by atoms with Crippen LogP contribution in [0, 0.1) is 18.3 Å². The molecule has 3 rings (SSSR count). The Morgan fingerprint density at radius 1 is 0.938 bits per heavy atom. The molecule has 160 valence electrons. The number of carbonyl (C=O) groups excluding carboxylic acids is 2. The van der Waals surface area contributed by atoms with E-state index in [1.807, 2.05) is 25.1 Å². The van der Waals surface area contributed by atoms with E-state index >= 15 is 0 Å². The van der Waals surface area contributed by atoms with E-state index < -0.39 is 5.91 Å². The van der Waals surface area contributed by atoms with E-state index in [0.717, 1.165) is 5.56 Å². The number of halogens is 1. The lowest BCUT2D eigenvalue weighted by Crippen LogP contribution is -2.20. The predicted octanol–water partition coefficient (Wildman–Crippen LogP) is 5.21. The third-order valence-corrected chi connectivity index (χ3v) is 4.62. The van der Waals surface area contributed by atoms with Crippen LogP contribution in [0.1, 0.15) is 11.1 Å². The van der Waals surface area contributed by atoms with E-state index in [1.165, 1.54) is 6.08 Å². The van der Waals surface area contributed by atoms with Crippen molar-refractivity contribution in [3.05, 3.63) is 94.5 Å². The molecule has 3 aromatic rings. The molecule has 3 aromatic carbocycles. The molecule has 0 atom stereocenters. The summed E-state index contributed by atoms with van der Waals surface area (Å²) in [5.41, 5.74) is 2.93. The Morgan fingerprint density at radius 2 is 1.53 bits per heavy atom. The maximum Gasteiger partial charge on any atom is 0.266 e. The fourth-order valence-corrected chi connectivity index (χ4v) is 2.82. The maximum absolute atomic E-state index is 12.4. The fourth-order valence-electron chi connectivity index (χ4n) is 2.69. The number of anilines is 2. The van der Waals surface area contributed by atoms with Gasteiger partial charge in [-0.3, -0.25) is 9.59 Å². The summed E-state index contributed by atoms with van der Waals surface area (Å²) in [6.45, 7) is 1.78.